The normalized spacial score (nSPS) is 20.1. The number of piperazine rings is 1. The topological polar surface area (TPSA) is 52.7 Å². The third-order valence-electron chi connectivity index (χ3n) is 5.28. The van der Waals surface area contributed by atoms with Gasteiger partial charge in [0.2, 0.25) is 11.8 Å². The van der Waals surface area contributed by atoms with E-state index in [2.05, 4.69) is 16.3 Å². The van der Waals surface area contributed by atoms with E-state index in [1.807, 2.05) is 47.4 Å². The third-order valence-corrected chi connectivity index (χ3v) is 5.51. The fraction of sp³-hybridized carbons (Fsp3) is 0.333. The Labute approximate surface area is 163 Å². The number of carbonyl (C=O) groups is 2. The van der Waals surface area contributed by atoms with Crippen LogP contribution in [0.25, 0.3) is 0 Å². The van der Waals surface area contributed by atoms with Crippen molar-refractivity contribution >= 4 is 29.1 Å². The largest absolute Gasteiger partial charge is 0.340 e. The molecule has 1 atom stereocenters. The van der Waals surface area contributed by atoms with E-state index in [4.69, 9.17) is 11.6 Å². The van der Waals surface area contributed by atoms with Crippen LogP contribution in [0.3, 0.4) is 0 Å². The number of hydrogen-bond acceptors (Lipinski definition) is 3. The molecule has 2 aliphatic heterocycles. The Morgan fingerprint density at radius 2 is 1.85 bits per heavy atom. The van der Waals surface area contributed by atoms with Crippen molar-refractivity contribution in [2.45, 2.75) is 18.9 Å². The van der Waals surface area contributed by atoms with Gasteiger partial charge < -0.3 is 10.2 Å². The number of halogens is 1. The second-order valence-corrected chi connectivity index (χ2v) is 7.56. The number of rotatable bonds is 3. The minimum atomic E-state index is -0.380. The predicted octanol–water partition coefficient (Wildman–Crippen LogP) is 3.11. The molecule has 1 fully saturated rings. The molecule has 4 rings (SSSR count). The van der Waals surface area contributed by atoms with Gasteiger partial charge in [-0.15, -0.1) is 0 Å². The van der Waals surface area contributed by atoms with Crippen molar-refractivity contribution in [3.05, 3.63) is 64.7 Å². The zero-order valence-electron chi connectivity index (χ0n) is 15.0. The first-order valence-corrected chi connectivity index (χ1v) is 9.62. The molecule has 0 aromatic heterocycles. The number of anilines is 1. The van der Waals surface area contributed by atoms with Crippen molar-refractivity contribution < 1.29 is 9.59 Å². The second-order valence-electron chi connectivity index (χ2n) is 7.12. The highest BCUT2D eigenvalue weighted by molar-refractivity contribution is 6.30. The van der Waals surface area contributed by atoms with E-state index < -0.39 is 0 Å². The summed E-state index contributed by atoms with van der Waals surface area (Å²) < 4.78 is 0. The number of para-hydroxylation sites is 1. The summed E-state index contributed by atoms with van der Waals surface area (Å²) in [6, 6.07) is 15.5. The highest BCUT2D eigenvalue weighted by Crippen LogP contribution is 2.33. The van der Waals surface area contributed by atoms with Crippen molar-refractivity contribution in [3.8, 4) is 0 Å². The minimum absolute atomic E-state index is 0.0553. The molecular weight excluding hydrogens is 362 g/mol. The van der Waals surface area contributed by atoms with Crippen LogP contribution in [0, 0.1) is 0 Å². The Morgan fingerprint density at radius 3 is 2.63 bits per heavy atom. The van der Waals surface area contributed by atoms with Gasteiger partial charge in [-0.05, 0) is 29.3 Å². The summed E-state index contributed by atoms with van der Waals surface area (Å²) in [6.45, 7) is 3.83. The first-order chi connectivity index (χ1) is 13.1. The van der Waals surface area contributed by atoms with Crippen LogP contribution in [0.5, 0.6) is 0 Å². The SMILES string of the molecule is O=C1CC(C(=O)N2CCN(Cc3cccc(Cl)c3)CC2)c2ccccc2N1. The molecule has 2 heterocycles. The van der Waals surface area contributed by atoms with E-state index >= 15 is 0 Å². The van der Waals surface area contributed by atoms with Gasteiger partial charge in [0.15, 0.2) is 0 Å². The van der Waals surface area contributed by atoms with Gasteiger partial charge in [-0.1, -0.05) is 41.9 Å². The molecule has 1 unspecified atom stereocenters. The maximum atomic E-state index is 13.1. The molecule has 0 saturated carbocycles. The molecule has 2 aliphatic rings. The number of fused-ring (bicyclic) bond motifs is 1. The molecule has 0 spiro atoms. The molecule has 6 heteroatoms. The van der Waals surface area contributed by atoms with Gasteiger partial charge in [-0.2, -0.15) is 0 Å². The van der Waals surface area contributed by atoms with Crippen LogP contribution in [0.4, 0.5) is 5.69 Å². The molecule has 27 heavy (non-hydrogen) atoms. The molecule has 0 radical (unpaired) electrons. The molecule has 2 aromatic rings. The molecule has 2 aromatic carbocycles. The Bertz CT molecular complexity index is 862. The Kier molecular flexibility index (Phi) is 5.14. The van der Waals surface area contributed by atoms with Crippen LogP contribution in [0.2, 0.25) is 5.02 Å². The van der Waals surface area contributed by atoms with Gasteiger partial charge in [0.1, 0.15) is 0 Å². The van der Waals surface area contributed by atoms with E-state index in [0.29, 0.717) is 13.1 Å². The molecular formula is C21H22ClN3O2. The smallest absolute Gasteiger partial charge is 0.230 e. The number of hydrogen-bond donors (Lipinski definition) is 1. The summed E-state index contributed by atoms with van der Waals surface area (Å²) in [6.07, 6.45) is 0.221. The fourth-order valence-corrected chi connectivity index (χ4v) is 4.08. The van der Waals surface area contributed by atoms with E-state index in [9.17, 15) is 9.59 Å². The van der Waals surface area contributed by atoms with E-state index in [1.54, 1.807) is 0 Å². The van der Waals surface area contributed by atoms with Gasteiger partial charge in [-0.25, -0.2) is 0 Å². The summed E-state index contributed by atoms with van der Waals surface area (Å²) in [5.41, 5.74) is 2.86. The summed E-state index contributed by atoms with van der Waals surface area (Å²) in [4.78, 5) is 29.3. The van der Waals surface area contributed by atoms with E-state index in [1.165, 1.54) is 5.56 Å². The molecule has 0 bridgehead atoms. The second kappa shape index (κ2) is 7.71. The molecule has 2 amide bonds. The van der Waals surface area contributed by atoms with Crippen LogP contribution >= 0.6 is 11.6 Å². The van der Waals surface area contributed by atoms with E-state index in [-0.39, 0.29) is 24.2 Å². The summed E-state index contributed by atoms with van der Waals surface area (Å²) in [5.74, 6) is -0.416. The van der Waals surface area contributed by atoms with Gasteiger partial charge in [-0.3, -0.25) is 14.5 Å². The average Bonchev–Trinajstić information content (AvgIpc) is 2.67. The fourth-order valence-electron chi connectivity index (χ4n) is 3.87. The van der Waals surface area contributed by atoms with Crippen molar-refractivity contribution in [1.82, 2.24) is 9.80 Å². The van der Waals surface area contributed by atoms with Crippen LogP contribution < -0.4 is 5.32 Å². The lowest BCUT2D eigenvalue weighted by Crippen LogP contribution is -2.50. The Morgan fingerprint density at radius 1 is 1.07 bits per heavy atom. The highest BCUT2D eigenvalue weighted by atomic mass is 35.5. The summed E-state index contributed by atoms with van der Waals surface area (Å²) >= 11 is 6.06. The van der Waals surface area contributed by atoms with Gasteiger partial charge in [0, 0.05) is 49.9 Å². The maximum Gasteiger partial charge on any atom is 0.230 e. The van der Waals surface area contributed by atoms with Crippen LogP contribution in [-0.2, 0) is 16.1 Å². The average molecular weight is 384 g/mol. The van der Waals surface area contributed by atoms with Gasteiger partial charge in [0.25, 0.3) is 0 Å². The molecule has 1 saturated heterocycles. The number of amides is 2. The highest BCUT2D eigenvalue weighted by Gasteiger charge is 2.34. The standard InChI is InChI=1S/C21H22ClN3O2/c22-16-5-3-4-15(12-16)14-24-8-10-25(11-9-24)21(27)18-13-20(26)23-19-7-2-1-6-17(18)19/h1-7,12,18H,8-11,13-14H2,(H,23,26). The van der Waals surface area contributed by atoms with Crippen LogP contribution in [-0.4, -0.2) is 47.8 Å². The molecule has 140 valence electrons. The first kappa shape index (κ1) is 18.0. The molecule has 1 N–H and O–H groups in total. The van der Waals surface area contributed by atoms with Gasteiger partial charge >= 0.3 is 0 Å². The Balaban J connectivity index is 1.40. The lowest BCUT2D eigenvalue weighted by atomic mass is 9.89. The predicted molar refractivity (Wildman–Crippen MR) is 106 cm³/mol. The number of benzene rings is 2. The molecule has 5 nitrogen and oxygen atoms in total. The number of carbonyl (C=O) groups excluding carboxylic acids is 2. The lowest BCUT2D eigenvalue weighted by molar-refractivity contribution is -0.136. The quantitative estimate of drug-likeness (QED) is 0.886. The zero-order valence-corrected chi connectivity index (χ0v) is 15.8. The van der Waals surface area contributed by atoms with Crippen molar-refractivity contribution in [2.75, 3.05) is 31.5 Å². The zero-order chi connectivity index (χ0) is 18.8. The maximum absolute atomic E-state index is 13.1. The third kappa shape index (κ3) is 3.99. The van der Waals surface area contributed by atoms with Crippen molar-refractivity contribution in [2.24, 2.45) is 0 Å². The van der Waals surface area contributed by atoms with Crippen LogP contribution in [0.1, 0.15) is 23.5 Å². The Hall–Kier alpha value is -2.37. The molecule has 0 aliphatic carbocycles. The summed E-state index contributed by atoms with van der Waals surface area (Å²) in [5, 5.41) is 3.60. The first-order valence-electron chi connectivity index (χ1n) is 9.24. The van der Waals surface area contributed by atoms with Crippen LogP contribution in [0.15, 0.2) is 48.5 Å². The minimum Gasteiger partial charge on any atom is -0.340 e. The lowest BCUT2D eigenvalue weighted by Gasteiger charge is -2.37. The van der Waals surface area contributed by atoms with E-state index in [0.717, 1.165) is 35.9 Å². The van der Waals surface area contributed by atoms with Gasteiger partial charge in [0.05, 0.1) is 5.92 Å². The number of nitrogens with zero attached hydrogens (tertiary/aromatic N) is 2. The monoisotopic (exact) mass is 383 g/mol. The number of nitrogens with one attached hydrogen (secondary N) is 1. The summed E-state index contributed by atoms with van der Waals surface area (Å²) in [7, 11) is 0. The van der Waals surface area contributed by atoms with Crippen molar-refractivity contribution in [3.63, 3.8) is 0 Å². The van der Waals surface area contributed by atoms with Crippen molar-refractivity contribution in [1.29, 1.82) is 0 Å².